The monoisotopic (exact) mass is 574 g/mol. The number of carbonyl (C=O) groups excluding carboxylic acids is 1. The first-order valence-corrected chi connectivity index (χ1v) is 12.7. The minimum absolute atomic E-state index is 0.0517. The van der Waals surface area contributed by atoms with Gasteiger partial charge in [0, 0.05) is 36.0 Å². The van der Waals surface area contributed by atoms with E-state index in [9.17, 15) is 31.1 Å². The van der Waals surface area contributed by atoms with Crippen molar-refractivity contribution in [3.8, 4) is 5.88 Å². The number of piperidine rings is 1. The van der Waals surface area contributed by atoms with Gasteiger partial charge in [-0.3, -0.25) is 14.7 Å². The Morgan fingerprint density at radius 1 is 1.13 bits per heavy atom. The predicted molar refractivity (Wildman–Crippen MR) is 130 cm³/mol. The fourth-order valence-corrected chi connectivity index (χ4v) is 5.09. The molecule has 0 saturated carbocycles. The third kappa shape index (κ3) is 8.08. The van der Waals surface area contributed by atoms with Crippen molar-refractivity contribution in [2.75, 3.05) is 31.6 Å². The molecule has 1 aliphatic rings. The van der Waals surface area contributed by atoms with Gasteiger partial charge in [0.25, 0.3) is 5.91 Å². The van der Waals surface area contributed by atoms with Crippen LogP contribution in [-0.4, -0.2) is 62.6 Å². The standard InChI is InChI=1S/C24H24F6N6O2S/c1-14-21(18(39-35-14)7-17-9-32-19(10-31-17)24(28,29)30)22(37)34-16-4-5-20(33-8-16)38-12-15-3-2-6-36(11-15)13-23(25,26)27/h4-5,8-10,15H,2-3,6-7,11-13H2,1H3,(H,34,37). The second kappa shape index (κ2) is 11.8. The first-order valence-electron chi connectivity index (χ1n) is 11.9. The number of pyridine rings is 1. The summed E-state index contributed by atoms with van der Waals surface area (Å²) in [6.07, 6.45) is -4.29. The molecule has 1 unspecified atom stereocenters. The van der Waals surface area contributed by atoms with Crippen LogP contribution in [0.2, 0.25) is 0 Å². The third-order valence-corrected chi connectivity index (χ3v) is 6.90. The zero-order valence-electron chi connectivity index (χ0n) is 20.6. The molecule has 1 fully saturated rings. The molecule has 1 amide bonds. The molecule has 0 spiro atoms. The summed E-state index contributed by atoms with van der Waals surface area (Å²) in [5.41, 5.74) is 0.248. The summed E-state index contributed by atoms with van der Waals surface area (Å²) in [4.78, 5) is 26.2. The molecule has 0 aromatic carbocycles. The lowest BCUT2D eigenvalue weighted by atomic mass is 9.99. The minimum atomic E-state index is -4.60. The SMILES string of the molecule is Cc1nsc(Cc2cnc(C(F)(F)F)cn2)c1C(=O)Nc1ccc(OCC2CCCN(CC(F)(F)F)C2)nc1. The first kappa shape index (κ1) is 28.7. The Bertz CT molecular complexity index is 1260. The third-order valence-electron chi connectivity index (χ3n) is 5.97. The Labute approximate surface area is 223 Å². The highest BCUT2D eigenvalue weighted by atomic mass is 32.1. The van der Waals surface area contributed by atoms with E-state index in [0.29, 0.717) is 42.0 Å². The largest absolute Gasteiger partial charge is 0.477 e. The second-order valence-electron chi connectivity index (χ2n) is 9.14. The molecule has 1 saturated heterocycles. The van der Waals surface area contributed by atoms with Crippen LogP contribution in [0.4, 0.5) is 32.0 Å². The maximum Gasteiger partial charge on any atom is 0.434 e. The summed E-state index contributed by atoms with van der Waals surface area (Å²) in [5.74, 6) is -0.251. The molecule has 8 nitrogen and oxygen atoms in total. The van der Waals surface area contributed by atoms with Crippen molar-refractivity contribution in [1.82, 2.24) is 24.2 Å². The number of anilines is 1. The van der Waals surface area contributed by atoms with E-state index in [-0.39, 0.29) is 36.1 Å². The van der Waals surface area contributed by atoms with E-state index in [0.717, 1.165) is 24.2 Å². The fourth-order valence-electron chi connectivity index (χ4n) is 4.21. The van der Waals surface area contributed by atoms with E-state index in [1.165, 1.54) is 11.1 Å². The van der Waals surface area contributed by atoms with Crippen LogP contribution in [0, 0.1) is 12.8 Å². The highest BCUT2D eigenvalue weighted by Gasteiger charge is 2.34. The minimum Gasteiger partial charge on any atom is -0.477 e. The van der Waals surface area contributed by atoms with Gasteiger partial charge in [0.05, 0.1) is 48.2 Å². The van der Waals surface area contributed by atoms with Gasteiger partial charge in [-0.1, -0.05) is 0 Å². The van der Waals surface area contributed by atoms with E-state index in [4.69, 9.17) is 4.74 Å². The number of aryl methyl sites for hydroxylation is 1. The van der Waals surface area contributed by atoms with Gasteiger partial charge in [-0.05, 0) is 43.9 Å². The molecule has 1 atom stereocenters. The number of carbonyl (C=O) groups is 1. The Morgan fingerprint density at radius 3 is 2.56 bits per heavy atom. The van der Waals surface area contributed by atoms with E-state index < -0.39 is 30.5 Å². The summed E-state index contributed by atoms with van der Waals surface area (Å²) in [6.45, 7) is 1.63. The number of nitrogens with one attached hydrogen (secondary N) is 1. The molecule has 0 bridgehead atoms. The quantitative estimate of drug-likeness (QED) is 0.372. The Balaban J connectivity index is 1.33. The van der Waals surface area contributed by atoms with Gasteiger partial charge in [0.15, 0.2) is 5.69 Å². The zero-order valence-corrected chi connectivity index (χ0v) is 21.5. The van der Waals surface area contributed by atoms with Gasteiger partial charge < -0.3 is 10.1 Å². The summed E-state index contributed by atoms with van der Waals surface area (Å²) >= 11 is 1.04. The number of nitrogens with zero attached hydrogens (tertiary/aromatic N) is 5. The molecule has 0 aliphatic carbocycles. The van der Waals surface area contributed by atoms with Crippen LogP contribution in [0.15, 0.2) is 30.7 Å². The van der Waals surface area contributed by atoms with Gasteiger partial charge in [0.1, 0.15) is 0 Å². The normalized spacial score (nSPS) is 16.7. The van der Waals surface area contributed by atoms with Crippen molar-refractivity contribution < 1.29 is 35.9 Å². The number of alkyl halides is 6. The predicted octanol–water partition coefficient (Wildman–Crippen LogP) is 5.15. The molecule has 1 aliphatic heterocycles. The van der Waals surface area contributed by atoms with Gasteiger partial charge >= 0.3 is 12.4 Å². The van der Waals surface area contributed by atoms with Crippen LogP contribution in [0.25, 0.3) is 0 Å². The maximum atomic E-state index is 13.0. The van der Waals surface area contributed by atoms with Crippen LogP contribution >= 0.6 is 11.5 Å². The molecular weight excluding hydrogens is 550 g/mol. The van der Waals surface area contributed by atoms with Crippen molar-refractivity contribution in [2.45, 2.75) is 38.5 Å². The average molecular weight is 575 g/mol. The average Bonchev–Trinajstić information content (AvgIpc) is 3.22. The molecule has 4 rings (SSSR count). The summed E-state index contributed by atoms with van der Waals surface area (Å²) in [5, 5.41) is 2.71. The highest BCUT2D eigenvalue weighted by molar-refractivity contribution is 7.06. The number of ether oxygens (including phenoxy) is 1. The van der Waals surface area contributed by atoms with E-state index in [2.05, 4.69) is 24.6 Å². The molecule has 3 aromatic heterocycles. The van der Waals surface area contributed by atoms with Crippen molar-refractivity contribution >= 4 is 23.1 Å². The van der Waals surface area contributed by atoms with Crippen molar-refractivity contribution in [1.29, 1.82) is 0 Å². The Kier molecular flexibility index (Phi) is 8.69. The molecule has 1 N–H and O–H groups in total. The van der Waals surface area contributed by atoms with Crippen molar-refractivity contribution in [3.05, 3.63) is 58.2 Å². The maximum absolute atomic E-state index is 13.0. The highest BCUT2D eigenvalue weighted by Crippen LogP contribution is 2.28. The smallest absolute Gasteiger partial charge is 0.434 e. The van der Waals surface area contributed by atoms with Crippen molar-refractivity contribution in [3.63, 3.8) is 0 Å². The Hall–Kier alpha value is -3.33. The molecule has 210 valence electrons. The number of rotatable bonds is 8. The molecule has 39 heavy (non-hydrogen) atoms. The van der Waals surface area contributed by atoms with Crippen LogP contribution in [-0.2, 0) is 12.6 Å². The van der Waals surface area contributed by atoms with E-state index >= 15 is 0 Å². The van der Waals surface area contributed by atoms with Gasteiger partial charge in [-0.15, -0.1) is 0 Å². The summed E-state index contributed by atoms with van der Waals surface area (Å²) < 4.78 is 86.1. The number of hydrogen-bond donors (Lipinski definition) is 1. The first-order chi connectivity index (χ1) is 18.4. The lowest BCUT2D eigenvalue weighted by Gasteiger charge is -2.32. The zero-order chi connectivity index (χ0) is 28.2. The topological polar surface area (TPSA) is 93.1 Å². The number of halogens is 6. The number of aromatic nitrogens is 4. The van der Waals surface area contributed by atoms with Gasteiger partial charge in [-0.25, -0.2) is 9.97 Å². The lowest BCUT2D eigenvalue weighted by molar-refractivity contribution is -0.150. The van der Waals surface area contributed by atoms with E-state index in [1.807, 2.05) is 0 Å². The molecule has 0 radical (unpaired) electrons. The number of likely N-dealkylation sites (tertiary alicyclic amines) is 1. The van der Waals surface area contributed by atoms with Crippen LogP contribution in [0.3, 0.4) is 0 Å². The van der Waals surface area contributed by atoms with Gasteiger partial charge in [-0.2, -0.15) is 30.7 Å². The number of hydrogen-bond acceptors (Lipinski definition) is 8. The lowest BCUT2D eigenvalue weighted by Crippen LogP contribution is -2.42. The summed E-state index contributed by atoms with van der Waals surface area (Å²) in [7, 11) is 0. The van der Waals surface area contributed by atoms with Crippen molar-refractivity contribution in [2.24, 2.45) is 5.92 Å². The number of amides is 1. The van der Waals surface area contributed by atoms with E-state index in [1.54, 1.807) is 19.1 Å². The molecular formula is C24H24F6N6O2S. The van der Waals surface area contributed by atoms with Crippen LogP contribution in [0.5, 0.6) is 5.88 Å². The Morgan fingerprint density at radius 2 is 1.92 bits per heavy atom. The van der Waals surface area contributed by atoms with Gasteiger partial charge in [0.2, 0.25) is 5.88 Å². The fraction of sp³-hybridized carbons (Fsp3) is 0.458. The summed E-state index contributed by atoms with van der Waals surface area (Å²) in [6, 6.07) is 3.12. The van der Waals surface area contributed by atoms with Crippen LogP contribution in [0.1, 0.15) is 45.2 Å². The second-order valence-corrected chi connectivity index (χ2v) is 10.0. The molecule has 4 heterocycles. The molecule has 15 heteroatoms. The molecule has 3 aromatic rings. The van der Waals surface area contributed by atoms with Crippen LogP contribution < -0.4 is 10.1 Å².